The van der Waals surface area contributed by atoms with Crippen LogP contribution in [0, 0.1) is 0 Å². The summed E-state index contributed by atoms with van der Waals surface area (Å²) in [5.41, 5.74) is 2.56. The smallest absolute Gasteiger partial charge is 0.206 e. The van der Waals surface area contributed by atoms with Crippen LogP contribution in [0.5, 0.6) is 0 Å². The van der Waals surface area contributed by atoms with Gasteiger partial charge in [-0.3, -0.25) is 0 Å². The fourth-order valence-corrected chi connectivity index (χ4v) is 5.63. The standard InChI is InChI=1S/C26H28N4O4S2/c1-30(16-17-35(2,31)32)15-14-20-8-13-25-24(18-20)26(28-19-27-25)29-21-9-11-23(12-10-21)36(33,34)22-6-4-3-5-7-22/h3-13,18-19H,14-17H2,1-2H3,(H,27,28,29). The van der Waals surface area contributed by atoms with E-state index >= 15 is 0 Å². The monoisotopic (exact) mass is 524 g/mol. The van der Waals surface area contributed by atoms with Gasteiger partial charge in [0, 0.05) is 30.4 Å². The highest BCUT2D eigenvalue weighted by Gasteiger charge is 2.17. The van der Waals surface area contributed by atoms with Crippen LogP contribution in [-0.2, 0) is 26.1 Å². The summed E-state index contributed by atoms with van der Waals surface area (Å²) in [4.78, 5) is 11.2. The van der Waals surface area contributed by atoms with Crippen LogP contribution in [0.25, 0.3) is 10.9 Å². The van der Waals surface area contributed by atoms with Gasteiger partial charge < -0.3 is 10.2 Å². The van der Waals surface area contributed by atoms with E-state index in [-0.39, 0.29) is 15.5 Å². The zero-order valence-electron chi connectivity index (χ0n) is 20.1. The molecule has 0 atom stereocenters. The zero-order chi connectivity index (χ0) is 25.8. The van der Waals surface area contributed by atoms with Gasteiger partial charge in [-0.05, 0) is 67.6 Å². The van der Waals surface area contributed by atoms with E-state index in [1.807, 2.05) is 30.1 Å². The van der Waals surface area contributed by atoms with Gasteiger partial charge in [-0.25, -0.2) is 26.8 Å². The van der Waals surface area contributed by atoms with Gasteiger partial charge in [-0.15, -0.1) is 0 Å². The molecule has 0 saturated carbocycles. The van der Waals surface area contributed by atoms with E-state index in [2.05, 4.69) is 15.3 Å². The first-order valence-corrected chi connectivity index (χ1v) is 14.9. The third kappa shape index (κ3) is 6.45. The van der Waals surface area contributed by atoms with E-state index in [1.165, 1.54) is 12.6 Å². The Morgan fingerprint density at radius 1 is 0.833 bits per heavy atom. The van der Waals surface area contributed by atoms with Gasteiger partial charge in [0.15, 0.2) is 0 Å². The number of rotatable bonds is 10. The summed E-state index contributed by atoms with van der Waals surface area (Å²) in [5, 5.41) is 4.11. The van der Waals surface area contributed by atoms with E-state index < -0.39 is 19.7 Å². The molecule has 4 aromatic rings. The van der Waals surface area contributed by atoms with Crippen LogP contribution >= 0.6 is 0 Å². The molecule has 0 saturated heterocycles. The summed E-state index contributed by atoms with van der Waals surface area (Å²) >= 11 is 0. The van der Waals surface area contributed by atoms with Crippen molar-refractivity contribution in [2.75, 3.05) is 37.5 Å². The second-order valence-electron chi connectivity index (χ2n) is 8.72. The predicted molar refractivity (Wildman–Crippen MR) is 142 cm³/mol. The first-order valence-electron chi connectivity index (χ1n) is 11.4. The summed E-state index contributed by atoms with van der Waals surface area (Å²) < 4.78 is 48.5. The van der Waals surface area contributed by atoms with Crippen molar-refractivity contribution in [2.24, 2.45) is 0 Å². The van der Waals surface area contributed by atoms with Crippen molar-refractivity contribution < 1.29 is 16.8 Å². The number of anilines is 2. The van der Waals surface area contributed by atoms with Crippen molar-refractivity contribution in [3.63, 3.8) is 0 Å². The van der Waals surface area contributed by atoms with Crippen molar-refractivity contribution in [1.29, 1.82) is 0 Å². The van der Waals surface area contributed by atoms with Crippen molar-refractivity contribution in [2.45, 2.75) is 16.2 Å². The number of fused-ring (bicyclic) bond motifs is 1. The number of nitrogens with one attached hydrogen (secondary N) is 1. The second kappa shape index (κ2) is 10.7. The maximum atomic E-state index is 12.8. The number of sulfone groups is 2. The SMILES string of the molecule is CN(CCc1ccc2ncnc(Nc3ccc(S(=O)(=O)c4ccccc4)cc3)c2c1)CCS(C)(=O)=O. The molecule has 0 bridgehead atoms. The van der Waals surface area contributed by atoms with Crippen LogP contribution < -0.4 is 5.32 Å². The lowest BCUT2D eigenvalue weighted by Crippen LogP contribution is -2.27. The lowest BCUT2D eigenvalue weighted by Gasteiger charge is -2.16. The minimum atomic E-state index is -3.59. The molecule has 4 rings (SSSR count). The lowest BCUT2D eigenvalue weighted by atomic mass is 10.1. The molecule has 1 aromatic heterocycles. The highest BCUT2D eigenvalue weighted by Crippen LogP contribution is 2.26. The second-order valence-corrected chi connectivity index (χ2v) is 12.9. The fourth-order valence-electron chi connectivity index (χ4n) is 3.70. The molecule has 10 heteroatoms. The minimum Gasteiger partial charge on any atom is -0.340 e. The Bertz CT molecular complexity index is 1560. The van der Waals surface area contributed by atoms with Crippen LogP contribution in [0.3, 0.4) is 0 Å². The predicted octanol–water partition coefficient (Wildman–Crippen LogP) is 3.73. The Balaban J connectivity index is 1.50. The quantitative estimate of drug-likeness (QED) is 0.334. The summed E-state index contributed by atoms with van der Waals surface area (Å²) in [6.45, 7) is 1.20. The Hall–Kier alpha value is -3.34. The van der Waals surface area contributed by atoms with Gasteiger partial charge in [0.1, 0.15) is 22.0 Å². The molecule has 1 heterocycles. The maximum absolute atomic E-state index is 12.8. The third-order valence-electron chi connectivity index (χ3n) is 5.81. The summed E-state index contributed by atoms with van der Waals surface area (Å²) in [6.07, 6.45) is 3.47. The number of hydrogen-bond acceptors (Lipinski definition) is 8. The molecule has 0 amide bonds. The largest absolute Gasteiger partial charge is 0.340 e. The average molecular weight is 525 g/mol. The highest BCUT2D eigenvalue weighted by molar-refractivity contribution is 7.91. The topological polar surface area (TPSA) is 109 Å². The molecule has 3 aromatic carbocycles. The summed E-state index contributed by atoms with van der Waals surface area (Å²) in [7, 11) is -4.67. The third-order valence-corrected chi connectivity index (χ3v) is 8.52. The molecule has 0 aliphatic carbocycles. The minimum absolute atomic E-state index is 0.133. The maximum Gasteiger partial charge on any atom is 0.206 e. The molecular weight excluding hydrogens is 496 g/mol. The Kier molecular flexibility index (Phi) is 7.67. The normalized spacial score (nSPS) is 12.2. The molecule has 1 N–H and O–H groups in total. The van der Waals surface area contributed by atoms with Crippen molar-refractivity contribution >= 4 is 42.1 Å². The molecule has 0 radical (unpaired) electrons. The zero-order valence-corrected chi connectivity index (χ0v) is 21.8. The van der Waals surface area contributed by atoms with Crippen molar-refractivity contribution in [1.82, 2.24) is 14.9 Å². The van der Waals surface area contributed by atoms with Gasteiger partial charge in [0.25, 0.3) is 0 Å². The van der Waals surface area contributed by atoms with E-state index in [4.69, 9.17) is 0 Å². The molecule has 0 aliphatic rings. The summed E-state index contributed by atoms with van der Waals surface area (Å²) in [5.74, 6) is 0.750. The van der Waals surface area contributed by atoms with Crippen LogP contribution in [0.1, 0.15) is 5.56 Å². The van der Waals surface area contributed by atoms with Crippen LogP contribution in [0.2, 0.25) is 0 Å². The number of nitrogens with zero attached hydrogens (tertiary/aromatic N) is 3. The molecule has 188 valence electrons. The first-order chi connectivity index (χ1) is 17.1. The molecule has 36 heavy (non-hydrogen) atoms. The van der Waals surface area contributed by atoms with Gasteiger partial charge in [-0.2, -0.15) is 0 Å². The van der Waals surface area contributed by atoms with Crippen LogP contribution in [0.15, 0.2) is 88.9 Å². The molecule has 0 aliphatic heterocycles. The molecule has 0 unspecified atom stereocenters. The van der Waals surface area contributed by atoms with Crippen molar-refractivity contribution in [3.8, 4) is 0 Å². The van der Waals surface area contributed by atoms with Gasteiger partial charge in [0.05, 0.1) is 21.1 Å². The van der Waals surface area contributed by atoms with Crippen LogP contribution in [-0.4, -0.2) is 63.8 Å². The Morgan fingerprint density at radius 2 is 1.53 bits per heavy atom. The van der Waals surface area contributed by atoms with E-state index in [0.29, 0.717) is 18.1 Å². The van der Waals surface area contributed by atoms with Gasteiger partial charge in [-0.1, -0.05) is 24.3 Å². The number of benzene rings is 3. The number of likely N-dealkylation sites (N-methyl/N-ethyl adjacent to an activating group) is 1. The lowest BCUT2D eigenvalue weighted by molar-refractivity contribution is 0.358. The first kappa shape index (κ1) is 25.7. The molecular formula is C26H28N4O4S2. The molecule has 0 spiro atoms. The van der Waals surface area contributed by atoms with E-state index in [1.54, 1.807) is 54.6 Å². The highest BCUT2D eigenvalue weighted by atomic mass is 32.2. The number of hydrogen-bond donors (Lipinski definition) is 1. The van der Waals surface area contributed by atoms with E-state index in [9.17, 15) is 16.8 Å². The fraction of sp³-hybridized carbons (Fsp3) is 0.231. The molecule has 8 nitrogen and oxygen atoms in total. The number of aromatic nitrogens is 2. The Morgan fingerprint density at radius 3 is 2.22 bits per heavy atom. The molecule has 0 fully saturated rings. The average Bonchev–Trinajstić information content (AvgIpc) is 2.87. The van der Waals surface area contributed by atoms with Gasteiger partial charge >= 0.3 is 0 Å². The van der Waals surface area contributed by atoms with Crippen molar-refractivity contribution in [3.05, 3.63) is 84.7 Å². The van der Waals surface area contributed by atoms with Crippen LogP contribution in [0.4, 0.5) is 11.5 Å². The van der Waals surface area contributed by atoms with E-state index in [0.717, 1.165) is 29.4 Å². The van der Waals surface area contributed by atoms with Gasteiger partial charge in [0.2, 0.25) is 9.84 Å². The summed E-state index contributed by atoms with van der Waals surface area (Å²) in [6, 6.07) is 20.9. The Labute approximate surface area is 211 Å².